The van der Waals surface area contributed by atoms with Crippen molar-refractivity contribution in [2.45, 2.75) is 33.8 Å². The average Bonchev–Trinajstić information content (AvgIpc) is 2.31. The predicted molar refractivity (Wildman–Crippen MR) is 67.1 cm³/mol. The predicted octanol–water partition coefficient (Wildman–Crippen LogP) is 1.24. The third-order valence-corrected chi connectivity index (χ3v) is 1.86. The van der Waals surface area contributed by atoms with E-state index in [-0.39, 0.29) is 25.2 Å². The maximum Gasteiger partial charge on any atom is 0.417 e. The molecule has 1 unspecified atom stereocenters. The smallest absolute Gasteiger partial charge is 0.417 e. The Balaban J connectivity index is 3.93. The van der Waals surface area contributed by atoms with Crippen molar-refractivity contribution in [1.29, 1.82) is 0 Å². The van der Waals surface area contributed by atoms with Crippen LogP contribution in [0.3, 0.4) is 0 Å². The van der Waals surface area contributed by atoms with E-state index >= 15 is 0 Å². The van der Waals surface area contributed by atoms with Gasteiger partial charge in [0.2, 0.25) is 0 Å². The van der Waals surface area contributed by atoms with Crippen LogP contribution in [-0.2, 0) is 28.6 Å². The van der Waals surface area contributed by atoms with E-state index in [2.05, 4.69) is 11.3 Å². The minimum Gasteiger partial charge on any atom is -0.462 e. The molecule has 0 rings (SSSR count). The summed E-state index contributed by atoms with van der Waals surface area (Å²) in [6.07, 6.45) is -0.381. The SMILES string of the molecule is C=C(C)C(=O)OCC(C)COC(=O)C(=O)OC(C)C. The molecule has 0 aromatic rings. The number of carbonyl (C=O) groups is 3. The minimum absolute atomic E-state index is 0.0322. The van der Waals surface area contributed by atoms with E-state index in [1.807, 2.05) is 0 Å². The van der Waals surface area contributed by atoms with Crippen molar-refractivity contribution in [2.24, 2.45) is 5.92 Å². The second-order valence-corrected chi connectivity index (χ2v) is 4.54. The topological polar surface area (TPSA) is 78.9 Å². The van der Waals surface area contributed by atoms with Crippen molar-refractivity contribution in [2.75, 3.05) is 13.2 Å². The third-order valence-electron chi connectivity index (χ3n) is 1.86. The van der Waals surface area contributed by atoms with Gasteiger partial charge in [-0.2, -0.15) is 0 Å². The van der Waals surface area contributed by atoms with Crippen LogP contribution in [0, 0.1) is 5.92 Å². The Hall–Kier alpha value is -1.85. The molecule has 108 valence electrons. The molecule has 0 amide bonds. The molecule has 0 aliphatic carbocycles. The van der Waals surface area contributed by atoms with Gasteiger partial charge in [0.15, 0.2) is 0 Å². The molecule has 0 aliphatic heterocycles. The zero-order valence-electron chi connectivity index (χ0n) is 11.7. The molecule has 0 aliphatic rings. The van der Waals surface area contributed by atoms with Gasteiger partial charge < -0.3 is 14.2 Å². The van der Waals surface area contributed by atoms with E-state index in [1.54, 1.807) is 20.8 Å². The molecule has 0 spiro atoms. The second-order valence-electron chi connectivity index (χ2n) is 4.54. The Labute approximate surface area is 112 Å². The number of rotatable bonds is 6. The van der Waals surface area contributed by atoms with Crippen LogP contribution in [0.25, 0.3) is 0 Å². The highest BCUT2D eigenvalue weighted by molar-refractivity contribution is 6.29. The van der Waals surface area contributed by atoms with E-state index in [0.29, 0.717) is 5.57 Å². The van der Waals surface area contributed by atoms with Crippen LogP contribution < -0.4 is 0 Å². The molecule has 0 radical (unpaired) electrons. The minimum atomic E-state index is -1.05. The molecule has 1 atom stereocenters. The zero-order chi connectivity index (χ0) is 15.0. The molecule has 0 saturated heterocycles. The van der Waals surface area contributed by atoms with E-state index in [9.17, 15) is 14.4 Å². The van der Waals surface area contributed by atoms with Crippen LogP contribution in [0.2, 0.25) is 0 Å². The summed E-state index contributed by atoms with van der Waals surface area (Å²) >= 11 is 0. The Bertz CT molecular complexity index is 358. The molecule has 0 bridgehead atoms. The summed E-state index contributed by atoms with van der Waals surface area (Å²) in [7, 11) is 0. The lowest BCUT2D eigenvalue weighted by molar-refractivity contribution is -0.171. The highest BCUT2D eigenvalue weighted by Crippen LogP contribution is 2.01. The molecule has 0 aromatic carbocycles. The largest absolute Gasteiger partial charge is 0.462 e. The Kier molecular flexibility index (Phi) is 7.48. The first-order chi connectivity index (χ1) is 8.73. The highest BCUT2D eigenvalue weighted by Gasteiger charge is 2.20. The van der Waals surface area contributed by atoms with Gasteiger partial charge in [-0.1, -0.05) is 13.5 Å². The molecule has 0 aromatic heterocycles. The first-order valence-electron chi connectivity index (χ1n) is 5.94. The van der Waals surface area contributed by atoms with Gasteiger partial charge in [0.25, 0.3) is 0 Å². The summed E-state index contributed by atoms with van der Waals surface area (Å²) < 4.78 is 14.3. The molecule has 19 heavy (non-hydrogen) atoms. The lowest BCUT2D eigenvalue weighted by atomic mass is 10.2. The zero-order valence-corrected chi connectivity index (χ0v) is 11.7. The summed E-state index contributed by atoms with van der Waals surface area (Å²) in [6.45, 7) is 10.00. The van der Waals surface area contributed by atoms with Gasteiger partial charge in [-0.3, -0.25) is 0 Å². The van der Waals surface area contributed by atoms with Crippen molar-refractivity contribution in [1.82, 2.24) is 0 Å². The van der Waals surface area contributed by atoms with Crippen molar-refractivity contribution >= 4 is 17.9 Å². The summed E-state index contributed by atoms with van der Waals surface area (Å²) in [5.41, 5.74) is 0.296. The quantitative estimate of drug-likeness (QED) is 0.313. The molecular weight excluding hydrogens is 252 g/mol. The van der Waals surface area contributed by atoms with E-state index < -0.39 is 17.9 Å². The number of hydrogen-bond donors (Lipinski definition) is 0. The van der Waals surface area contributed by atoms with Crippen LogP contribution >= 0.6 is 0 Å². The molecule has 6 nitrogen and oxygen atoms in total. The third kappa shape index (κ3) is 7.96. The Morgan fingerprint density at radius 2 is 1.42 bits per heavy atom. The summed E-state index contributed by atoms with van der Waals surface area (Å²) in [4.78, 5) is 33.4. The lowest BCUT2D eigenvalue weighted by Gasteiger charge is -2.13. The lowest BCUT2D eigenvalue weighted by Crippen LogP contribution is -2.26. The number of ether oxygens (including phenoxy) is 3. The Morgan fingerprint density at radius 1 is 0.947 bits per heavy atom. The van der Waals surface area contributed by atoms with E-state index in [1.165, 1.54) is 6.92 Å². The van der Waals surface area contributed by atoms with Gasteiger partial charge in [-0.25, -0.2) is 14.4 Å². The van der Waals surface area contributed by atoms with Gasteiger partial charge in [0, 0.05) is 11.5 Å². The van der Waals surface area contributed by atoms with Crippen molar-refractivity contribution in [3.8, 4) is 0 Å². The maximum absolute atomic E-state index is 11.2. The van der Waals surface area contributed by atoms with Crippen molar-refractivity contribution in [3.05, 3.63) is 12.2 Å². The van der Waals surface area contributed by atoms with Crippen molar-refractivity contribution < 1.29 is 28.6 Å². The van der Waals surface area contributed by atoms with Crippen LogP contribution in [-0.4, -0.2) is 37.2 Å². The molecule has 0 fully saturated rings. The number of carbonyl (C=O) groups excluding carboxylic acids is 3. The summed E-state index contributed by atoms with van der Waals surface area (Å²) in [5, 5.41) is 0. The van der Waals surface area contributed by atoms with Crippen LogP contribution in [0.5, 0.6) is 0 Å². The van der Waals surface area contributed by atoms with Crippen LogP contribution in [0.15, 0.2) is 12.2 Å². The van der Waals surface area contributed by atoms with Gasteiger partial charge in [0.1, 0.15) is 0 Å². The summed E-state index contributed by atoms with van der Waals surface area (Å²) in [6, 6.07) is 0. The maximum atomic E-state index is 11.2. The molecule has 0 saturated carbocycles. The highest BCUT2D eigenvalue weighted by atomic mass is 16.6. The van der Waals surface area contributed by atoms with Crippen molar-refractivity contribution in [3.63, 3.8) is 0 Å². The first-order valence-corrected chi connectivity index (χ1v) is 5.94. The van der Waals surface area contributed by atoms with E-state index in [0.717, 1.165) is 0 Å². The molecule has 0 heterocycles. The Morgan fingerprint density at radius 3 is 1.84 bits per heavy atom. The fourth-order valence-electron chi connectivity index (χ4n) is 0.928. The first kappa shape index (κ1) is 17.2. The molecule has 6 heteroatoms. The van der Waals surface area contributed by atoms with Crippen LogP contribution in [0.1, 0.15) is 27.7 Å². The van der Waals surface area contributed by atoms with Gasteiger partial charge in [0.05, 0.1) is 19.3 Å². The van der Waals surface area contributed by atoms with Gasteiger partial charge in [-0.05, 0) is 20.8 Å². The number of hydrogen-bond acceptors (Lipinski definition) is 6. The average molecular weight is 272 g/mol. The standard InChI is InChI=1S/C13H20O6/c1-8(2)11(14)17-6-10(5)7-18-12(15)13(16)19-9(3)4/h9-10H,1,6-7H2,2-5H3. The van der Waals surface area contributed by atoms with E-state index in [4.69, 9.17) is 9.47 Å². The monoisotopic (exact) mass is 272 g/mol. The van der Waals surface area contributed by atoms with Gasteiger partial charge >= 0.3 is 17.9 Å². The molecule has 0 N–H and O–H groups in total. The summed E-state index contributed by atoms with van der Waals surface area (Å²) in [5.74, 6) is -2.80. The normalized spacial score (nSPS) is 11.6. The number of esters is 3. The fourth-order valence-corrected chi connectivity index (χ4v) is 0.928. The van der Waals surface area contributed by atoms with Gasteiger partial charge in [-0.15, -0.1) is 0 Å². The second kappa shape index (κ2) is 8.29. The molecular formula is C13H20O6. The van der Waals surface area contributed by atoms with Crippen LogP contribution in [0.4, 0.5) is 0 Å². The fraction of sp³-hybridized carbons (Fsp3) is 0.615.